The van der Waals surface area contributed by atoms with Crippen molar-refractivity contribution >= 4 is 34.4 Å². The lowest BCUT2D eigenvalue weighted by Gasteiger charge is -2.16. The van der Waals surface area contributed by atoms with E-state index in [0.717, 1.165) is 32.0 Å². The van der Waals surface area contributed by atoms with Gasteiger partial charge in [-0.15, -0.1) is 5.10 Å². The van der Waals surface area contributed by atoms with Gasteiger partial charge in [-0.3, -0.25) is 0 Å². The minimum Gasteiger partial charge on any atom is -0.383 e. The van der Waals surface area contributed by atoms with E-state index in [2.05, 4.69) is 15.1 Å². The molecule has 0 aliphatic carbocycles. The number of aromatic nitrogens is 4. The molecule has 1 saturated heterocycles. The van der Waals surface area contributed by atoms with Crippen LogP contribution in [0.2, 0.25) is 5.02 Å². The lowest BCUT2D eigenvalue weighted by molar-refractivity contribution is 0.511. The molecular formula is C21H17ClF2N6. The summed E-state index contributed by atoms with van der Waals surface area (Å²) in [6.45, 7) is 1.59. The van der Waals surface area contributed by atoms with Crippen LogP contribution in [0, 0.1) is 11.6 Å². The molecule has 2 aromatic heterocycles. The van der Waals surface area contributed by atoms with Crippen molar-refractivity contribution in [3.05, 3.63) is 59.1 Å². The van der Waals surface area contributed by atoms with Crippen LogP contribution in [-0.2, 0) is 0 Å². The highest BCUT2D eigenvalue weighted by Gasteiger charge is 2.24. The molecule has 9 heteroatoms. The third-order valence-electron chi connectivity index (χ3n) is 5.22. The molecule has 0 spiro atoms. The molecule has 3 heterocycles. The van der Waals surface area contributed by atoms with E-state index >= 15 is 0 Å². The van der Waals surface area contributed by atoms with Gasteiger partial charge in [-0.2, -0.15) is 4.98 Å². The quantitative estimate of drug-likeness (QED) is 0.518. The molecule has 0 saturated carbocycles. The third-order valence-corrected chi connectivity index (χ3v) is 5.48. The van der Waals surface area contributed by atoms with E-state index in [1.807, 2.05) is 4.90 Å². The number of benzene rings is 2. The predicted octanol–water partition coefficient (Wildman–Crippen LogP) is 4.60. The number of fused-ring (bicyclic) bond motifs is 1. The van der Waals surface area contributed by atoms with Gasteiger partial charge in [0.25, 0.3) is 0 Å². The minimum atomic E-state index is -0.983. The lowest BCUT2D eigenvalue weighted by atomic mass is 10.1. The van der Waals surface area contributed by atoms with E-state index in [9.17, 15) is 8.78 Å². The number of hydrogen-bond acceptors (Lipinski definition) is 5. The Kier molecular flexibility index (Phi) is 4.51. The monoisotopic (exact) mass is 426 g/mol. The van der Waals surface area contributed by atoms with Crippen molar-refractivity contribution in [2.75, 3.05) is 23.7 Å². The number of halogens is 3. The summed E-state index contributed by atoms with van der Waals surface area (Å²) in [4.78, 5) is 11.2. The normalized spacial score (nSPS) is 14.0. The molecule has 0 unspecified atom stereocenters. The fraction of sp³-hybridized carbons (Fsp3) is 0.190. The molecule has 6 nitrogen and oxygen atoms in total. The molecule has 4 aromatic rings. The average molecular weight is 427 g/mol. The second-order valence-electron chi connectivity index (χ2n) is 7.14. The molecule has 0 amide bonds. The van der Waals surface area contributed by atoms with Crippen molar-refractivity contribution in [3.8, 4) is 16.9 Å². The molecule has 5 rings (SSSR count). The van der Waals surface area contributed by atoms with Crippen molar-refractivity contribution in [1.29, 1.82) is 0 Å². The number of rotatable bonds is 3. The zero-order chi connectivity index (χ0) is 20.8. The third kappa shape index (κ3) is 3.04. The van der Waals surface area contributed by atoms with Crippen molar-refractivity contribution in [2.24, 2.45) is 0 Å². The first kappa shape index (κ1) is 18.7. The molecule has 0 atom stereocenters. The van der Waals surface area contributed by atoms with Gasteiger partial charge in [0, 0.05) is 23.7 Å². The molecule has 2 aromatic carbocycles. The number of anilines is 2. The molecule has 152 valence electrons. The molecule has 30 heavy (non-hydrogen) atoms. The smallest absolute Gasteiger partial charge is 0.228 e. The predicted molar refractivity (Wildman–Crippen MR) is 113 cm³/mol. The highest BCUT2D eigenvalue weighted by molar-refractivity contribution is 6.30. The van der Waals surface area contributed by atoms with Crippen molar-refractivity contribution < 1.29 is 8.78 Å². The fourth-order valence-electron chi connectivity index (χ4n) is 3.72. The van der Waals surface area contributed by atoms with Gasteiger partial charge in [-0.05, 0) is 49.2 Å². The van der Waals surface area contributed by atoms with Crippen LogP contribution < -0.4 is 10.6 Å². The minimum absolute atomic E-state index is 0.0187. The highest BCUT2D eigenvalue weighted by atomic mass is 35.5. The maximum Gasteiger partial charge on any atom is 0.228 e. The summed E-state index contributed by atoms with van der Waals surface area (Å²) in [7, 11) is 0. The van der Waals surface area contributed by atoms with Gasteiger partial charge in [-0.25, -0.2) is 18.4 Å². The zero-order valence-electron chi connectivity index (χ0n) is 15.8. The maximum atomic E-state index is 14.7. The van der Waals surface area contributed by atoms with Crippen LogP contribution in [0.3, 0.4) is 0 Å². The summed E-state index contributed by atoms with van der Waals surface area (Å²) >= 11 is 5.98. The second kappa shape index (κ2) is 7.21. The zero-order valence-corrected chi connectivity index (χ0v) is 16.6. The molecule has 1 aliphatic rings. The Morgan fingerprint density at radius 1 is 0.967 bits per heavy atom. The van der Waals surface area contributed by atoms with E-state index < -0.39 is 11.6 Å². The van der Waals surface area contributed by atoms with Crippen LogP contribution in [0.15, 0.2) is 42.5 Å². The lowest BCUT2D eigenvalue weighted by Crippen LogP contribution is -2.20. The van der Waals surface area contributed by atoms with Gasteiger partial charge in [-0.1, -0.05) is 17.7 Å². The highest BCUT2D eigenvalue weighted by Crippen LogP contribution is 2.35. The van der Waals surface area contributed by atoms with E-state index in [4.69, 9.17) is 17.3 Å². The first-order valence-electron chi connectivity index (χ1n) is 9.54. The van der Waals surface area contributed by atoms with Crippen molar-refractivity contribution in [1.82, 2.24) is 19.7 Å². The maximum absolute atomic E-state index is 14.7. The average Bonchev–Trinajstić information content (AvgIpc) is 3.39. The molecule has 1 fully saturated rings. The summed E-state index contributed by atoms with van der Waals surface area (Å²) in [5, 5.41) is 5.49. The number of nitrogens with zero attached hydrogens (tertiary/aromatic N) is 5. The Balaban J connectivity index is 1.79. The largest absolute Gasteiger partial charge is 0.383 e. The van der Waals surface area contributed by atoms with E-state index in [0.29, 0.717) is 27.7 Å². The van der Waals surface area contributed by atoms with Crippen LogP contribution in [0.4, 0.5) is 20.5 Å². The topological polar surface area (TPSA) is 72.9 Å². The van der Waals surface area contributed by atoms with Gasteiger partial charge in [0.05, 0.1) is 16.8 Å². The molecular weight excluding hydrogens is 410 g/mol. The Morgan fingerprint density at radius 3 is 2.43 bits per heavy atom. The van der Waals surface area contributed by atoms with E-state index in [-0.39, 0.29) is 17.1 Å². The van der Waals surface area contributed by atoms with Crippen LogP contribution in [-0.4, -0.2) is 32.8 Å². The van der Waals surface area contributed by atoms with Crippen LogP contribution in [0.5, 0.6) is 0 Å². The second-order valence-corrected chi connectivity index (χ2v) is 7.58. The summed E-state index contributed by atoms with van der Waals surface area (Å²) in [5.41, 5.74) is 7.62. The van der Waals surface area contributed by atoms with Gasteiger partial charge in [0.1, 0.15) is 5.82 Å². The van der Waals surface area contributed by atoms with E-state index in [1.54, 1.807) is 24.3 Å². The number of hydrogen-bond donors (Lipinski definition) is 1. The van der Waals surface area contributed by atoms with Gasteiger partial charge >= 0.3 is 0 Å². The first-order valence-corrected chi connectivity index (χ1v) is 9.92. The Bertz CT molecular complexity index is 1250. The van der Waals surface area contributed by atoms with Gasteiger partial charge < -0.3 is 10.6 Å². The van der Waals surface area contributed by atoms with Gasteiger partial charge in [0.2, 0.25) is 5.95 Å². The van der Waals surface area contributed by atoms with Crippen molar-refractivity contribution in [3.63, 3.8) is 0 Å². The molecule has 1 aliphatic heterocycles. The van der Waals surface area contributed by atoms with E-state index in [1.165, 1.54) is 16.8 Å². The van der Waals surface area contributed by atoms with Crippen molar-refractivity contribution in [2.45, 2.75) is 12.8 Å². The standard InChI is InChI=1S/C21H17ClF2N6/c22-12-6-8-13(9-7-12)30-19(25)16-18(14-4-3-5-15(23)17(14)24)26-21(27-20(16)28-30)29-10-1-2-11-29/h3-9H,1-2,10-11,25H2. The summed E-state index contributed by atoms with van der Waals surface area (Å²) in [6, 6.07) is 11.0. The summed E-state index contributed by atoms with van der Waals surface area (Å²) < 4.78 is 30.2. The van der Waals surface area contributed by atoms with Crippen LogP contribution in [0.1, 0.15) is 12.8 Å². The van der Waals surface area contributed by atoms with Gasteiger partial charge in [0.15, 0.2) is 17.3 Å². The molecule has 2 N–H and O–H groups in total. The van der Waals surface area contributed by atoms with Crippen LogP contribution in [0.25, 0.3) is 28.0 Å². The molecule has 0 bridgehead atoms. The molecule has 0 radical (unpaired) electrons. The number of nitrogen functional groups attached to an aromatic ring is 1. The SMILES string of the molecule is Nc1c2c(-c3cccc(F)c3F)nc(N3CCCC3)nc2nn1-c1ccc(Cl)cc1. The Hall–Kier alpha value is -3.26. The Morgan fingerprint density at radius 2 is 1.70 bits per heavy atom. The summed E-state index contributed by atoms with van der Waals surface area (Å²) in [6.07, 6.45) is 2.04. The van der Waals surface area contributed by atoms with Crippen LogP contribution >= 0.6 is 11.6 Å². The first-order chi connectivity index (χ1) is 14.5. The fourth-order valence-corrected chi connectivity index (χ4v) is 3.85. The Labute approximate surface area is 175 Å². The number of nitrogens with two attached hydrogens (primary N) is 1. The summed E-state index contributed by atoms with van der Waals surface area (Å²) in [5.74, 6) is -1.27.